The van der Waals surface area contributed by atoms with E-state index >= 15 is 0 Å². The minimum absolute atomic E-state index is 0.0130. The molecule has 8 heteroatoms. The van der Waals surface area contributed by atoms with Gasteiger partial charge in [-0.2, -0.15) is 4.39 Å². The van der Waals surface area contributed by atoms with E-state index in [-0.39, 0.29) is 22.8 Å². The molecule has 4 heterocycles. The summed E-state index contributed by atoms with van der Waals surface area (Å²) in [7, 11) is 0. The van der Waals surface area contributed by atoms with Crippen molar-refractivity contribution in [3.8, 4) is 0 Å². The van der Waals surface area contributed by atoms with Crippen LogP contribution in [0.2, 0.25) is 0 Å². The highest BCUT2D eigenvalue weighted by molar-refractivity contribution is 5.97. The summed E-state index contributed by atoms with van der Waals surface area (Å²) in [6.45, 7) is 1.56. The molecule has 25 heavy (non-hydrogen) atoms. The standard InChI is InChI=1S/C17H16FN5O2/c18-14-5-12(1-3-21-14)16(25)22-4-2-17(9-22)6-15(24)23(10-17)13-7-19-11-20-8-13/h1,3,5,7-8,11H,2,4,6,9-10H2. The second kappa shape index (κ2) is 5.87. The first-order chi connectivity index (χ1) is 12.1. The van der Waals surface area contributed by atoms with Crippen molar-refractivity contribution in [3.63, 3.8) is 0 Å². The van der Waals surface area contributed by atoms with Gasteiger partial charge in [0, 0.05) is 49.3 Å². The first-order valence-corrected chi connectivity index (χ1v) is 8.03. The summed E-state index contributed by atoms with van der Waals surface area (Å²) in [5.41, 5.74) is 0.682. The van der Waals surface area contributed by atoms with E-state index in [1.54, 1.807) is 22.2 Å². The average Bonchev–Trinajstić information content (AvgIpc) is 3.18. The summed E-state index contributed by atoms with van der Waals surface area (Å²) < 4.78 is 13.3. The number of pyridine rings is 1. The fourth-order valence-electron chi connectivity index (χ4n) is 3.66. The van der Waals surface area contributed by atoms with Gasteiger partial charge in [0.25, 0.3) is 5.91 Å². The quantitative estimate of drug-likeness (QED) is 0.769. The zero-order valence-electron chi connectivity index (χ0n) is 13.4. The zero-order chi connectivity index (χ0) is 17.4. The van der Waals surface area contributed by atoms with E-state index in [4.69, 9.17) is 0 Å². The van der Waals surface area contributed by atoms with Gasteiger partial charge in [-0.15, -0.1) is 0 Å². The van der Waals surface area contributed by atoms with Crippen LogP contribution in [-0.2, 0) is 4.79 Å². The molecule has 2 aliphatic heterocycles. The maximum atomic E-state index is 13.3. The number of anilines is 1. The number of rotatable bonds is 2. The van der Waals surface area contributed by atoms with Crippen LogP contribution >= 0.6 is 0 Å². The molecule has 0 aliphatic carbocycles. The van der Waals surface area contributed by atoms with Gasteiger partial charge in [-0.3, -0.25) is 9.59 Å². The van der Waals surface area contributed by atoms with Crippen molar-refractivity contribution in [3.05, 3.63) is 48.6 Å². The highest BCUT2D eigenvalue weighted by atomic mass is 19.1. The molecule has 2 amide bonds. The summed E-state index contributed by atoms with van der Waals surface area (Å²) in [6, 6.07) is 2.64. The Kier molecular flexibility index (Phi) is 3.67. The summed E-state index contributed by atoms with van der Waals surface area (Å²) in [5.74, 6) is -0.891. The molecule has 0 bridgehead atoms. The fourth-order valence-corrected chi connectivity index (χ4v) is 3.66. The Morgan fingerprint density at radius 1 is 1.24 bits per heavy atom. The summed E-state index contributed by atoms with van der Waals surface area (Å²) in [5, 5.41) is 0. The molecule has 0 aromatic carbocycles. The molecular weight excluding hydrogens is 325 g/mol. The Bertz CT molecular complexity index is 831. The lowest BCUT2D eigenvalue weighted by molar-refractivity contribution is -0.117. The highest BCUT2D eigenvalue weighted by Gasteiger charge is 2.49. The molecule has 1 spiro atoms. The van der Waals surface area contributed by atoms with Gasteiger partial charge in [-0.05, 0) is 12.5 Å². The van der Waals surface area contributed by atoms with E-state index in [2.05, 4.69) is 15.0 Å². The number of amides is 2. The number of hydrogen-bond acceptors (Lipinski definition) is 5. The third-order valence-corrected chi connectivity index (χ3v) is 4.88. The van der Waals surface area contributed by atoms with Crippen LogP contribution in [0.25, 0.3) is 0 Å². The van der Waals surface area contributed by atoms with Gasteiger partial charge < -0.3 is 9.80 Å². The van der Waals surface area contributed by atoms with Gasteiger partial charge in [0.05, 0.1) is 18.1 Å². The molecule has 4 rings (SSSR count). The molecule has 7 nitrogen and oxygen atoms in total. The van der Waals surface area contributed by atoms with Crippen LogP contribution in [0.15, 0.2) is 37.1 Å². The summed E-state index contributed by atoms with van der Waals surface area (Å²) in [6.07, 6.45) is 7.05. The molecule has 0 saturated carbocycles. The summed E-state index contributed by atoms with van der Waals surface area (Å²) >= 11 is 0. The van der Waals surface area contributed by atoms with E-state index in [1.807, 2.05) is 0 Å². The first-order valence-electron chi connectivity index (χ1n) is 8.03. The van der Waals surface area contributed by atoms with Gasteiger partial charge in [0.2, 0.25) is 11.9 Å². The second-order valence-corrected chi connectivity index (χ2v) is 6.60. The van der Waals surface area contributed by atoms with Crippen LogP contribution in [0.5, 0.6) is 0 Å². The van der Waals surface area contributed by atoms with E-state index < -0.39 is 5.95 Å². The molecule has 2 saturated heterocycles. The number of nitrogens with zero attached hydrogens (tertiary/aromatic N) is 5. The minimum atomic E-state index is -0.675. The van der Waals surface area contributed by atoms with E-state index in [0.717, 1.165) is 12.5 Å². The van der Waals surface area contributed by atoms with Crippen molar-refractivity contribution in [2.45, 2.75) is 12.8 Å². The molecule has 2 aliphatic rings. The number of carbonyl (C=O) groups is 2. The molecule has 2 aromatic rings. The van der Waals surface area contributed by atoms with Crippen molar-refractivity contribution >= 4 is 17.5 Å². The Balaban J connectivity index is 1.50. The molecule has 1 atom stereocenters. The molecule has 0 N–H and O–H groups in total. The van der Waals surface area contributed by atoms with Crippen LogP contribution in [0.1, 0.15) is 23.2 Å². The lowest BCUT2D eigenvalue weighted by Gasteiger charge is -2.24. The van der Waals surface area contributed by atoms with Crippen molar-refractivity contribution in [2.75, 3.05) is 24.5 Å². The number of aromatic nitrogens is 3. The zero-order valence-corrected chi connectivity index (χ0v) is 13.4. The van der Waals surface area contributed by atoms with Crippen molar-refractivity contribution < 1.29 is 14.0 Å². The maximum Gasteiger partial charge on any atom is 0.254 e. The number of likely N-dealkylation sites (tertiary alicyclic amines) is 1. The second-order valence-electron chi connectivity index (χ2n) is 6.60. The topological polar surface area (TPSA) is 79.3 Å². The lowest BCUT2D eigenvalue weighted by atomic mass is 9.86. The Hall–Kier alpha value is -2.90. The molecule has 0 radical (unpaired) electrons. The van der Waals surface area contributed by atoms with E-state index in [9.17, 15) is 14.0 Å². The van der Waals surface area contributed by atoms with Gasteiger partial charge in [0.1, 0.15) is 6.33 Å². The number of halogens is 1. The third kappa shape index (κ3) is 2.84. The van der Waals surface area contributed by atoms with Gasteiger partial charge in [0.15, 0.2) is 0 Å². The largest absolute Gasteiger partial charge is 0.338 e. The first kappa shape index (κ1) is 15.6. The Morgan fingerprint density at radius 2 is 2.04 bits per heavy atom. The fraction of sp³-hybridized carbons (Fsp3) is 0.353. The molecular formula is C17H16FN5O2. The molecule has 2 aromatic heterocycles. The molecule has 2 fully saturated rings. The van der Waals surface area contributed by atoms with Crippen molar-refractivity contribution in [1.82, 2.24) is 19.9 Å². The highest BCUT2D eigenvalue weighted by Crippen LogP contribution is 2.41. The van der Waals surface area contributed by atoms with E-state index in [0.29, 0.717) is 31.7 Å². The predicted octanol–water partition coefficient (Wildman–Crippen LogP) is 1.28. The van der Waals surface area contributed by atoms with Gasteiger partial charge in [-0.25, -0.2) is 15.0 Å². The minimum Gasteiger partial charge on any atom is -0.338 e. The van der Waals surface area contributed by atoms with Gasteiger partial charge >= 0.3 is 0 Å². The van der Waals surface area contributed by atoms with Crippen LogP contribution in [0.3, 0.4) is 0 Å². The SMILES string of the molecule is O=C(c1ccnc(F)c1)N1CCC2(CC(=O)N(c3cncnc3)C2)C1. The number of hydrogen-bond donors (Lipinski definition) is 0. The van der Waals surface area contributed by atoms with Crippen molar-refractivity contribution in [1.29, 1.82) is 0 Å². The van der Waals surface area contributed by atoms with Crippen LogP contribution < -0.4 is 4.90 Å². The van der Waals surface area contributed by atoms with Crippen molar-refractivity contribution in [2.24, 2.45) is 5.41 Å². The van der Waals surface area contributed by atoms with Crippen LogP contribution in [0.4, 0.5) is 10.1 Å². The number of carbonyl (C=O) groups excluding carboxylic acids is 2. The van der Waals surface area contributed by atoms with Crippen LogP contribution in [0, 0.1) is 11.4 Å². The molecule has 1 unspecified atom stereocenters. The summed E-state index contributed by atoms with van der Waals surface area (Å²) in [4.78, 5) is 39.8. The maximum absolute atomic E-state index is 13.3. The normalized spacial score (nSPS) is 22.8. The van der Waals surface area contributed by atoms with E-state index in [1.165, 1.54) is 18.6 Å². The smallest absolute Gasteiger partial charge is 0.254 e. The monoisotopic (exact) mass is 341 g/mol. The van der Waals surface area contributed by atoms with Gasteiger partial charge in [-0.1, -0.05) is 0 Å². The van der Waals surface area contributed by atoms with Crippen LogP contribution in [-0.4, -0.2) is 51.3 Å². The lowest BCUT2D eigenvalue weighted by Crippen LogP contribution is -2.34. The average molecular weight is 341 g/mol. The Labute approximate surface area is 143 Å². The third-order valence-electron chi connectivity index (χ3n) is 4.88. The predicted molar refractivity (Wildman–Crippen MR) is 86.2 cm³/mol. The molecule has 128 valence electrons. The Morgan fingerprint density at radius 3 is 2.80 bits per heavy atom.